The predicted octanol–water partition coefficient (Wildman–Crippen LogP) is 4.11. The van der Waals surface area contributed by atoms with Crippen LogP contribution < -0.4 is 19.7 Å². The SMILES string of the molecule is COc1cc(NC2=C(c3ccc(F)cc3)C(=O)N(c3ccc(C#N)cc3)C2=O)cc(OC)c1. The Morgan fingerprint density at radius 2 is 1.48 bits per heavy atom. The molecule has 0 spiro atoms. The molecule has 0 aliphatic carbocycles. The first-order valence-corrected chi connectivity index (χ1v) is 9.84. The fourth-order valence-corrected chi connectivity index (χ4v) is 3.47. The Balaban J connectivity index is 1.82. The van der Waals surface area contributed by atoms with Gasteiger partial charge in [0.05, 0.1) is 37.1 Å². The Bertz CT molecular complexity index is 1290. The molecule has 7 nitrogen and oxygen atoms in total. The van der Waals surface area contributed by atoms with E-state index in [0.29, 0.717) is 34.0 Å². The van der Waals surface area contributed by atoms with Gasteiger partial charge >= 0.3 is 0 Å². The Hall–Kier alpha value is -4.64. The van der Waals surface area contributed by atoms with Crippen LogP contribution in [-0.2, 0) is 9.59 Å². The summed E-state index contributed by atoms with van der Waals surface area (Å²) < 4.78 is 24.1. The highest BCUT2D eigenvalue weighted by atomic mass is 19.1. The van der Waals surface area contributed by atoms with Gasteiger partial charge in [0.15, 0.2) is 0 Å². The van der Waals surface area contributed by atoms with Crippen molar-refractivity contribution < 1.29 is 23.5 Å². The van der Waals surface area contributed by atoms with Gasteiger partial charge < -0.3 is 14.8 Å². The number of carbonyl (C=O) groups excluding carboxylic acids is 2. The number of hydrogen-bond acceptors (Lipinski definition) is 6. The third-order valence-corrected chi connectivity index (χ3v) is 5.09. The first-order chi connectivity index (χ1) is 15.9. The monoisotopic (exact) mass is 443 g/mol. The van der Waals surface area contributed by atoms with Crippen molar-refractivity contribution in [3.63, 3.8) is 0 Å². The van der Waals surface area contributed by atoms with Crippen LogP contribution in [0.3, 0.4) is 0 Å². The van der Waals surface area contributed by atoms with Crippen LogP contribution in [0.2, 0.25) is 0 Å². The lowest BCUT2D eigenvalue weighted by molar-refractivity contribution is -0.120. The summed E-state index contributed by atoms with van der Waals surface area (Å²) in [6, 6.07) is 18.4. The number of hydrogen-bond donors (Lipinski definition) is 1. The number of nitriles is 1. The number of carbonyl (C=O) groups is 2. The first kappa shape index (κ1) is 21.6. The van der Waals surface area contributed by atoms with Crippen molar-refractivity contribution in [2.75, 3.05) is 24.4 Å². The molecule has 1 aliphatic heterocycles. The van der Waals surface area contributed by atoms with Gasteiger partial charge in [0.2, 0.25) is 0 Å². The molecule has 1 heterocycles. The van der Waals surface area contributed by atoms with Crippen LogP contribution in [-0.4, -0.2) is 26.0 Å². The third-order valence-electron chi connectivity index (χ3n) is 5.09. The maximum atomic E-state index is 13.5. The minimum absolute atomic E-state index is 0.0197. The summed E-state index contributed by atoms with van der Waals surface area (Å²) in [6.45, 7) is 0. The van der Waals surface area contributed by atoms with Crippen LogP contribution in [0.15, 0.2) is 72.4 Å². The van der Waals surface area contributed by atoms with Crippen molar-refractivity contribution in [2.45, 2.75) is 0 Å². The van der Waals surface area contributed by atoms with Gasteiger partial charge in [0, 0.05) is 23.9 Å². The lowest BCUT2D eigenvalue weighted by Gasteiger charge is -2.15. The lowest BCUT2D eigenvalue weighted by atomic mass is 10.0. The second kappa shape index (κ2) is 8.85. The minimum Gasteiger partial charge on any atom is -0.497 e. The van der Waals surface area contributed by atoms with Crippen molar-refractivity contribution in [3.05, 3.63) is 89.4 Å². The highest BCUT2D eigenvalue weighted by Crippen LogP contribution is 2.35. The number of methoxy groups -OCH3 is 2. The van der Waals surface area contributed by atoms with Crippen molar-refractivity contribution in [3.8, 4) is 17.6 Å². The molecule has 8 heteroatoms. The minimum atomic E-state index is -0.592. The zero-order valence-electron chi connectivity index (χ0n) is 17.8. The molecular formula is C25H18FN3O4. The van der Waals surface area contributed by atoms with Crippen LogP contribution in [0.25, 0.3) is 5.57 Å². The maximum absolute atomic E-state index is 13.5. The van der Waals surface area contributed by atoms with E-state index in [1.807, 2.05) is 6.07 Å². The van der Waals surface area contributed by atoms with E-state index in [1.165, 1.54) is 62.8 Å². The molecule has 4 rings (SSSR count). The number of ether oxygens (including phenoxy) is 2. The topological polar surface area (TPSA) is 91.7 Å². The van der Waals surface area contributed by atoms with Gasteiger partial charge in [-0.2, -0.15) is 5.26 Å². The third kappa shape index (κ3) is 4.12. The van der Waals surface area contributed by atoms with E-state index in [9.17, 15) is 14.0 Å². The van der Waals surface area contributed by atoms with Crippen molar-refractivity contribution >= 4 is 28.8 Å². The Morgan fingerprint density at radius 3 is 2.03 bits per heavy atom. The zero-order chi connectivity index (χ0) is 23.5. The molecule has 3 aromatic rings. The van der Waals surface area contributed by atoms with Crippen LogP contribution in [0, 0.1) is 17.1 Å². The van der Waals surface area contributed by atoms with Gasteiger partial charge in [-0.15, -0.1) is 0 Å². The number of anilines is 2. The predicted molar refractivity (Wildman–Crippen MR) is 120 cm³/mol. The number of nitrogens with one attached hydrogen (secondary N) is 1. The molecule has 0 radical (unpaired) electrons. The Labute approximate surface area is 189 Å². The second-order valence-electron chi connectivity index (χ2n) is 7.09. The summed E-state index contributed by atoms with van der Waals surface area (Å²) in [6.07, 6.45) is 0. The number of benzene rings is 3. The van der Waals surface area contributed by atoms with E-state index in [4.69, 9.17) is 14.7 Å². The van der Waals surface area contributed by atoms with E-state index in [1.54, 1.807) is 18.2 Å². The number of halogens is 1. The number of nitrogens with zero attached hydrogens (tertiary/aromatic N) is 2. The van der Waals surface area contributed by atoms with Crippen molar-refractivity contribution in [1.82, 2.24) is 0 Å². The van der Waals surface area contributed by atoms with Crippen LogP contribution in [0.4, 0.5) is 15.8 Å². The zero-order valence-corrected chi connectivity index (χ0v) is 17.8. The van der Waals surface area contributed by atoms with Gasteiger partial charge in [-0.05, 0) is 42.0 Å². The summed E-state index contributed by atoms with van der Waals surface area (Å²) >= 11 is 0. The quantitative estimate of drug-likeness (QED) is 0.577. The second-order valence-corrected chi connectivity index (χ2v) is 7.09. The van der Waals surface area contributed by atoms with E-state index in [0.717, 1.165) is 4.90 Å². The largest absolute Gasteiger partial charge is 0.497 e. The summed E-state index contributed by atoms with van der Waals surface area (Å²) in [5.74, 6) is -0.658. The first-order valence-electron chi connectivity index (χ1n) is 9.84. The van der Waals surface area contributed by atoms with Gasteiger partial charge in [-0.1, -0.05) is 12.1 Å². The smallest absolute Gasteiger partial charge is 0.282 e. The molecule has 0 saturated carbocycles. The normalized spacial score (nSPS) is 13.2. The van der Waals surface area contributed by atoms with E-state index in [2.05, 4.69) is 5.32 Å². The average molecular weight is 443 g/mol. The fraction of sp³-hybridized carbons (Fsp3) is 0.0800. The standard InChI is InChI=1S/C25H18FN3O4/c1-32-20-11-18(12-21(13-20)33-2)28-23-22(16-5-7-17(26)8-6-16)24(30)29(25(23)31)19-9-3-15(14-27)4-10-19/h3-13,28H,1-2H3. The maximum Gasteiger partial charge on any atom is 0.282 e. The molecule has 3 aromatic carbocycles. The fourth-order valence-electron chi connectivity index (χ4n) is 3.47. The van der Waals surface area contributed by atoms with Crippen LogP contribution in [0.5, 0.6) is 11.5 Å². The summed E-state index contributed by atoms with van der Waals surface area (Å²) in [5, 5.41) is 12.1. The number of rotatable bonds is 6. The lowest BCUT2D eigenvalue weighted by Crippen LogP contribution is -2.32. The summed E-state index contributed by atoms with van der Waals surface area (Å²) in [5.41, 5.74) is 1.65. The van der Waals surface area contributed by atoms with Crippen molar-refractivity contribution in [2.24, 2.45) is 0 Å². The number of imide groups is 1. The molecule has 0 saturated heterocycles. The van der Waals surface area contributed by atoms with Crippen LogP contribution in [0.1, 0.15) is 11.1 Å². The molecule has 0 aromatic heterocycles. The molecule has 0 bridgehead atoms. The molecule has 1 aliphatic rings. The van der Waals surface area contributed by atoms with E-state index >= 15 is 0 Å². The molecule has 33 heavy (non-hydrogen) atoms. The molecule has 0 fully saturated rings. The number of amides is 2. The molecule has 0 unspecified atom stereocenters. The van der Waals surface area contributed by atoms with E-state index < -0.39 is 17.6 Å². The van der Waals surface area contributed by atoms with Gasteiger partial charge in [-0.25, -0.2) is 9.29 Å². The highest BCUT2D eigenvalue weighted by Gasteiger charge is 2.40. The van der Waals surface area contributed by atoms with Gasteiger partial charge in [0.25, 0.3) is 11.8 Å². The molecule has 1 N–H and O–H groups in total. The molecule has 0 atom stereocenters. The average Bonchev–Trinajstić information content (AvgIpc) is 3.08. The van der Waals surface area contributed by atoms with E-state index in [-0.39, 0.29) is 11.3 Å². The molecule has 2 amide bonds. The Morgan fingerprint density at radius 1 is 0.879 bits per heavy atom. The summed E-state index contributed by atoms with van der Waals surface area (Å²) in [4.78, 5) is 27.8. The Kier molecular flexibility index (Phi) is 5.79. The van der Waals surface area contributed by atoms with Gasteiger partial charge in [0.1, 0.15) is 23.0 Å². The molecule has 164 valence electrons. The summed E-state index contributed by atoms with van der Waals surface area (Å²) in [7, 11) is 3.00. The van der Waals surface area contributed by atoms with Crippen molar-refractivity contribution in [1.29, 1.82) is 5.26 Å². The highest BCUT2D eigenvalue weighted by molar-refractivity contribution is 6.46. The van der Waals surface area contributed by atoms with Crippen LogP contribution >= 0.6 is 0 Å². The molecular weight excluding hydrogens is 425 g/mol. The van der Waals surface area contributed by atoms with Gasteiger partial charge in [-0.3, -0.25) is 9.59 Å².